The Kier molecular flexibility index (Phi) is 6.32. The van der Waals surface area contributed by atoms with Crippen molar-refractivity contribution in [1.29, 1.82) is 0 Å². The highest BCUT2D eigenvalue weighted by Gasteiger charge is 2.46. The maximum Gasteiger partial charge on any atom is 0.295 e. The fourth-order valence-electron chi connectivity index (χ4n) is 3.96. The Labute approximate surface area is 183 Å². The zero-order chi connectivity index (χ0) is 21.1. The van der Waals surface area contributed by atoms with Gasteiger partial charge in [-0.2, -0.15) is 0 Å². The first-order chi connectivity index (χ1) is 14.6. The van der Waals surface area contributed by atoms with E-state index in [2.05, 4.69) is 20.8 Å². The number of hydrogen-bond donors (Lipinski definition) is 1. The van der Waals surface area contributed by atoms with Gasteiger partial charge in [-0.15, -0.1) is 0 Å². The molecule has 156 valence electrons. The minimum atomic E-state index is -0.650. The van der Waals surface area contributed by atoms with E-state index in [0.29, 0.717) is 31.9 Å². The maximum atomic E-state index is 13.0. The molecule has 2 aliphatic rings. The third kappa shape index (κ3) is 4.19. The van der Waals surface area contributed by atoms with E-state index in [1.54, 1.807) is 29.2 Å². The van der Waals surface area contributed by atoms with Crippen molar-refractivity contribution >= 4 is 33.4 Å². The van der Waals surface area contributed by atoms with Crippen molar-refractivity contribution in [2.24, 2.45) is 0 Å². The van der Waals surface area contributed by atoms with E-state index in [-0.39, 0.29) is 11.3 Å². The molecule has 1 unspecified atom stereocenters. The number of rotatable bonds is 5. The van der Waals surface area contributed by atoms with Gasteiger partial charge in [0, 0.05) is 36.2 Å². The van der Waals surface area contributed by atoms with Crippen LogP contribution in [0.15, 0.2) is 64.6 Å². The van der Waals surface area contributed by atoms with E-state index in [1.807, 2.05) is 30.3 Å². The van der Waals surface area contributed by atoms with Crippen LogP contribution in [0.5, 0.6) is 0 Å². The Balaban J connectivity index is 1.73. The monoisotopic (exact) mass is 470 g/mol. The molecule has 2 aromatic rings. The lowest BCUT2D eigenvalue weighted by Crippen LogP contribution is -2.42. The molecule has 0 bridgehead atoms. The summed E-state index contributed by atoms with van der Waals surface area (Å²) in [5, 5.41) is 11.0. The molecule has 2 fully saturated rings. The van der Waals surface area contributed by atoms with Gasteiger partial charge >= 0.3 is 0 Å². The molecule has 0 aliphatic carbocycles. The summed E-state index contributed by atoms with van der Waals surface area (Å²) in [6, 6.07) is 15.8. The second kappa shape index (κ2) is 9.12. The van der Waals surface area contributed by atoms with Crippen LogP contribution in [-0.4, -0.2) is 66.0 Å². The van der Waals surface area contributed by atoms with Gasteiger partial charge in [-0.3, -0.25) is 14.5 Å². The Morgan fingerprint density at radius 1 is 1.03 bits per heavy atom. The molecule has 0 aromatic heterocycles. The molecular weight excluding hydrogens is 448 g/mol. The maximum absolute atomic E-state index is 13.0. The number of Topliss-reactive ketones (excluding diaryl/α,β-unsaturated/α-hetero) is 1. The van der Waals surface area contributed by atoms with Crippen molar-refractivity contribution in [1.82, 2.24) is 9.80 Å². The fourth-order valence-corrected chi connectivity index (χ4v) is 4.38. The van der Waals surface area contributed by atoms with Crippen LogP contribution in [0.3, 0.4) is 0 Å². The lowest BCUT2D eigenvalue weighted by atomic mass is 9.95. The number of halogens is 1. The van der Waals surface area contributed by atoms with Crippen molar-refractivity contribution in [2.75, 3.05) is 39.4 Å². The highest BCUT2D eigenvalue weighted by atomic mass is 79.9. The highest BCUT2D eigenvalue weighted by Crippen LogP contribution is 2.39. The van der Waals surface area contributed by atoms with Crippen LogP contribution in [0.1, 0.15) is 17.2 Å². The average molecular weight is 471 g/mol. The summed E-state index contributed by atoms with van der Waals surface area (Å²) in [6.07, 6.45) is 0. The van der Waals surface area contributed by atoms with Gasteiger partial charge < -0.3 is 14.7 Å². The zero-order valence-electron chi connectivity index (χ0n) is 16.5. The number of benzene rings is 2. The third-order valence-electron chi connectivity index (χ3n) is 5.51. The first kappa shape index (κ1) is 20.8. The number of ether oxygens (including phenoxy) is 1. The number of likely N-dealkylation sites (tertiary alicyclic amines) is 1. The fraction of sp³-hybridized carbons (Fsp3) is 0.304. The molecule has 4 rings (SSSR count). The smallest absolute Gasteiger partial charge is 0.295 e. The molecule has 2 aliphatic heterocycles. The average Bonchev–Trinajstić information content (AvgIpc) is 3.03. The lowest BCUT2D eigenvalue weighted by molar-refractivity contribution is -0.140. The molecule has 1 N–H and O–H groups in total. The lowest BCUT2D eigenvalue weighted by Gasteiger charge is -2.31. The Bertz CT molecular complexity index is 970. The van der Waals surface area contributed by atoms with Crippen molar-refractivity contribution in [3.63, 3.8) is 0 Å². The predicted molar refractivity (Wildman–Crippen MR) is 117 cm³/mol. The van der Waals surface area contributed by atoms with Crippen LogP contribution < -0.4 is 0 Å². The Morgan fingerprint density at radius 3 is 2.47 bits per heavy atom. The van der Waals surface area contributed by atoms with Gasteiger partial charge in [0.2, 0.25) is 0 Å². The minimum Gasteiger partial charge on any atom is -0.507 e. The summed E-state index contributed by atoms with van der Waals surface area (Å²) in [7, 11) is 0. The summed E-state index contributed by atoms with van der Waals surface area (Å²) in [6.45, 7) is 3.98. The number of aliphatic hydroxyl groups excluding tert-OH is 1. The summed E-state index contributed by atoms with van der Waals surface area (Å²) in [5.41, 5.74) is 1.43. The van der Waals surface area contributed by atoms with Crippen LogP contribution in [-0.2, 0) is 14.3 Å². The summed E-state index contributed by atoms with van der Waals surface area (Å²) in [5.74, 6) is -1.37. The van der Waals surface area contributed by atoms with Gasteiger partial charge in [0.25, 0.3) is 11.7 Å². The quantitative estimate of drug-likeness (QED) is 0.412. The van der Waals surface area contributed by atoms with Gasteiger partial charge in [-0.05, 0) is 17.7 Å². The van der Waals surface area contributed by atoms with Crippen molar-refractivity contribution < 1.29 is 19.4 Å². The van der Waals surface area contributed by atoms with Gasteiger partial charge in [0.15, 0.2) is 0 Å². The molecule has 7 heteroatoms. The molecule has 1 atom stereocenters. The number of amides is 1. The largest absolute Gasteiger partial charge is 0.507 e. The minimum absolute atomic E-state index is 0.131. The summed E-state index contributed by atoms with van der Waals surface area (Å²) < 4.78 is 6.23. The van der Waals surface area contributed by atoms with E-state index >= 15 is 0 Å². The second-order valence-electron chi connectivity index (χ2n) is 7.37. The number of carbonyl (C=O) groups excluding carboxylic acids is 2. The van der Waals surface area contributed by atoms with Gasteiger partial charge in [-0.1, -0.05) is 58.4 Å². The van der Waals surface area contributed by atoms with Gasteiger partial charge in [0.05, 0.1) is 24.8 Å². The molecule has 2 aromatic carbocycles. The molecular formula is C23H23BrN2O4. The van der Waals surface area contributed by atoms with Crippen LogP contribution in [0, 0.1) is 0 Å². The van der Waals surface area contributed by atoms with Crippen molar-refractivity contribution in [2.45, 2.75) is 6.04 Å². The first-order valence-corrected chi connectivity index (χ1v) is 10.7. The van der Waals surface area contributed by atoms with E-state index in [9.17, 15) is 14.7 Å². The van der Waals surface area contributed by atoms with E-state index in [4.69, 9.17) is 4.74 Å². The van der Waals surface area contributed by atoms with E-state index in [0.717, 1.165) is 23.1 Å². The second-order valence-corrected chi connectivity index (χ2v) is 8.28. The van der Waals surface area contributed by atoms with Crippen molar-refractivity contribution in [3.05, 3.63) is 75.8 Å². The number of carbonyl (C=O) groups is 2. The van der Waals surface area contributed by atoms with Crippen LogP contribution >= 0.6 is 15.9 Å². The molecule has 0 radical (unpaired) electrons. The number of hydrogen-bond acceptors (Lipinski definition) is 5. The van der Waals surface area contributed by atoms with Gasteiger partial charge in [-0.25, -0.2) is 0 Å². The molecule has 0 saturated carbocycles. The van der Waals surface area contributed by atoms with Crippen LogP contribution in [0.2, 0.25) is 0 Å². The van der Waals surface area contributed by atoms with Crippen molar-refractivity contribution in [3.8, 4) is 0 Å². The van der Waals surface area contributed by atoms with E-state index < -0.39 is 17.7 Å². The van der Waals surface area contributed by atoms with E-state index in [1.165, 1.54) is 0 Å². The SMILES string of the molecule is O=C1C(=O)N(CCN2CCOCC2)C(c2cccc(Br)c2)/C1=C(/O)c1ccccc1. The zero-order valence-corrected chi connectivity index (χ0v) is 18.0. The normalized spacial score (nSPS) is 21.9. The molecule has 0 spiro atoms. The number of ketones is 1. The molecule has 2 heterocycles. The predicted octanol–water partition coefficient (Wildman–Crippen LogP) is 3.20. The summed E-state index contributed by atoms with van der Waals surface area (Å²) in [4.78, 5) is 29.8. The first-order valence-electron chi connectivity index (χ1n) is 9.95. The molecule has 6 nitrogen and oxygen atoms in total. The third-order valence-corrected chi connectivity index (χ3v) is 6.01. The number of nitrogens with zero attached hydrogens (tertiary/aromatic N) is 2. The number of morpholine rings is 1. The summed E-state index contributed by atoms with van der Waals surface area (Å²) >= 11 is 3.47. The molecule has 2 saturated heterocycles. The Morgan fingerprint density at radius 2 is 1.77 bits per heavy atom. The highest BCUT2D eigenvalue weighted by molar-refractivity contribution is 9.10. The van der Waals surface area contributed by atoms with Gasteiger partial charge in [0.1, 0.15) is 5.76 Å². The van der Waals surface area contributed by atoms with Crippen LogP contribution in [0.4, 0.5) is 0 Å². The van der Waals surface area contributed by atoms with Crippen LogP contribution in [0.25, 0.3) is 5.76 Å². The standard InChI is InChI=1S/C23H23BrN2O4/c24-18-8-4-7-17(15-18)20-19(21(27)16-5-2-1-3-6-16)22(28)23(29)26(20)10-9-25-11-13-30-14-12-25/h1-8,15,20,27H,9-14H2/b21-19-. The molecule has 30 heavy (non-hydrogen) atoms. The molecule has 1 amide bonds. The topological polar surface area (TPSA) is 70.1 Å². The Hall–Kier alpha value is -2.48. The number of aliphatic hydroxyl groups is 1.